The zero-order valence-corrected chi connectivity index (χ0v) is 12.6. The van der Waals surface area contributed by atoms with Gasteiger partial charge in [0.25, 0.3) is 0 Å². The number of tetrazole rings is 1. The van der Waals surface area contributed by atoms with E-state index in [-0.39, 0.29) is 0 Å². The van der Waals surface area contributed by atoms with E-state index in [1.54, 1.807) is 16.9 Å². The van der Waals surface area contributed by atoms with Gasteiger partial charge in [0.15, 0.2) is 11.5 Å². The predicted molar refractivity (Wildman–Crippen MR) is 77.4 cm³/mol. The Bertz CT molecular complexity index is 599. The van der Waals surface area contributed by atoms with Gasteiger partial charge in [-0.3, -0.25) is 4.98 Å². The van der Waals surface area contributed by atoms with Crippen LogP contribution in [0.25, 0.3) is 5.65 Å². The first-order valence-electron chi connectivity index (χ1n) is 7.13. The summed E-state index contributed by atoms with van der Waals surface area (Å²) in [6.07, 6.45) is 7.01. The van der Waals surface area contributed by atoms with Gasteiger partial charge in [-0.05, 0) is 40.5 Å². The normalized spacial score (nSPS) is 22.0. The maximum atomic E-state index is 4.20. The highest BCUT2D eigenvalue weighted by Crippen LogP contribution is 2.46. The van der Waals surface area contributed by atoms with E-state index in [2.05, 4.69) is 53.5 Å². The van der Waals surface area contributed by atoms with Crippen LogP contribution in [0.1, 0.15) is 47.0 Å². The molecule has 0 amide bonds. The Labute approximate surface area is 119 Å². The minimum absolute atomic E-state index is 0.349. The van der Waals surface area contributed by atoms with E-state index in [4.69, 9.17) is 0 Å². The van der Waals surface area contributed by atoms with Crippen molar-refractivity contribution in [3.63, 3.8) is 0 Å². The van der Waals surface area contributed by atoms with Crippen LogP contribution in [0.4, 0.5) is 5.82 Å². The largest absolute Gasteiger partial charge is 0.366 e. The zero-order valence-electron chi connectivity index (χ0n) is 12.6. The number of fused-ring (bicyclic) bond motifs is 1. The first kappa shape index (κ1) is 13.3. The van der Waals surface area contributed by atoms with Crippen LogP contribution in [0.3, 0.4) is 0 Å². The minimum atomic E-state index is 0.349. The van der Waals surface area contributed by atoms with Crippen molar-refractivity contribution in [2.75, 3.05) is 5.32 Å². The Morgan fingerprint density at radius 2 is 1.85 bits per heavy atom. The van der Waals surface area contributed by atoms with Crippen molar-refractivity contribution in [1.29, 1.82) is 0 Å². The molecule has 1 N–H and O–H groups in total. The quantitative estimate of drug-likeness (QED) is 0.911. The van der Waals surface area contributed by atoms with Gasteiger partial charge in [0.2, 0.25) is 0 Å². The van der Waals surface area contributed by atoms with Crippen molar-refractivity contribution in [1.82, 2.24) is 25.0 Å². The molecule has 0 bridgehead atoms. The minimum Gasteiger partial charge on any atom is -0.366 e. The van der Waals surface area contributed by atoms with E-state index >= 15 is 0 Å². The lowest BCUT2D eigenvalue weighted by molar-refractivity contribution is 0.105. The Hall–Kier alpha value is -1.72. The average Bonchev–Trinajstić information content (AvgIpc) is 2.73. The molecule has 0 spiro atoms. The molecule has 1 saturated carbocycles. The molecule has 2 heterocycles. The third kappa shape index (κ3) is 2.59. The summed E-state index contributed by atoms with van der Waals surface area (Å²) in [5.74, 6) is 0.867. The summed E-state index contributed by atoms with van der Waals surface area (Å²) < 4.78 is 1.71. The lowest BCUT2D eigenvalue weighted by atomic mass is 9.63. The Balaban J connectivity index is 1.85. The van der Waals surface area contributed by atoms with E-state index in [0.717, 1.165) is 18.7 Å². The molecule has 2 aromatic rings. The fraction of sp³-hybridized carbons (Fsp3) is 0.714. The van der Waals surface area contributed by atoms with Crippen molar-refractivity contribution >= 4 is 11.5 Å². The molecule has 3 rings (SSSR count). The molecule has 6 heteroatoms. The molecule has 0 radical (unpaired) electrons. The van der Waals surface area contributed by atoms with E-state index in [1.807, 2.05) is 0 Å². The number of aromatic nitrogens is 5. The molecule has 6 nitrogen and oxygen atoms in total. The molecule has 0 atom stereocenters. The Morgan fingerprint density at radius 3 is 2.55 bits per heavy atom. The van der Waals surface area contributed by atoms with Crippen LogP contribution in [0.5, 0.6) is 0 Å². The van der Waals surface area contributed by atoms with Gasteiger partial charge in [-0.15, -0.1) is 5.10 Å². The monoisotopic (exact) mass is 274 g/mol. The molecular weight excluding hydrogens is 252 g/mol. The summed E-state index contributed by atoms with van der Waals surface area (Å²) in [6, 6.07) is 0.422. The summed E-state index contributed by atoms with van der Waals surface area (Å²) in [5.41, 5.74) is 1.37. The highest BCUT2D eigenvalue weighted by Gasteiger charge is 2.38. The van der Waals surface area contributed by atoms with Crippen LogP contribution in [0.15, 0.2) is 12.4 Å². The van der Waals surface area contributed by atoms with Crippen molar-refractivity contribution in [3.05, 3.63) is 12.4 Å². The fourth-order valence-electron chi connectivity index (χ4n) is 3.93. The SMILES string of the molecule is CC1(C)CC(Nc2cncc3nnnn23)CC(C)(C)C1. The van der Waals surface area contributed by atoms with Crippen molar-refractivity contribution in [3.8, 4) is 0 Å². The van der Waals surface area contributed by atoms with Crippen molar-refractivity contribution in [2.45, 2.75) is 53.0 Å². The third-order valence-electron chi connectivity index (χ3n) is 4.02. The van der Waals surface area contributed by atoms with Crippen molar-refractivity contribution < 1.29 is 0 Å². The maximum Gasteiger partial charge on any atom is 0.199 e. The Morgan fingerprint density at radius 1 is 1.15 bits per heavy atom. The molecule has 0 aromatic carbocycles. The van der Waals surface area contributed by atoms with Crippen LogP contribution < -0.4 is 5.32 Å². The maximum absolute atomic E-state index is 4.20. The second-order valence-electron chi connectivity index (χ2n) is 7.50. The first-order chi connectivity index (χ1) is 9.35. The number of hydrogen-bond donors (Lipinski definition) is 1. The number of hydrogen-bond acceptors (Lipinski definition) is 5. The summed E-state index contributed by atoms with van der Waals surface area (Å²) in [5, 5.41) is 15.2. The highest BCUT2D eigenvalue weighted by molar-refractivity contribution is 5.44. The molecule has 2 aromatic heterocycles. The molecule has 20 heavy (non-hydrogen) atoms. The van der Waals surface area contributed by atoms with E-state index in [1.165, 1.54) is 6.42 Å². The van der Waals surface area contributed by atoms with Crippen LogP contribution in [0, 0.1) is 10.8 Å². The standard InChI is InChI=1S/C14H22N6/c1-13(2)5-10(6-14(3,4)9-13)16-11-7-15-8-12-17-18-19-20(11)12/h7-8,10,16H,5-6,9H2,1-4H3. The van der Waals surface area contributed by atoms with Crippen LogP contribution in [0.2, 0.25) is 0 Å². The topological polar surface area (TPSA) is 68.0 Å². The van der Waals surface area contributed by atoms with Gasteiger partial charge in [-0.2, -0.15) is 4.52 Å². The van der Waals surface area contributed by atoms with Gasteiger partial charge in [-0.25, -0.2) is 0 Å². The van der Waals surface area contributed by atoms with Gasteiger partial charge in [0, 0.05) is 6.04 Å². The predicted octanol–water partition coefficient (Wildman–Crippen LogP) is 2.54. The average molecular weight is 274 g/mol. The number of nitrogens with zero attached hydrogens (tertiary/aromatic N) is 5. The fourth-order valence-corrected chi connectivity index (χ4v) is 3.93. The second-order valence-corrected chi connectivity index (χ2v) is 7.50. The Kier molecular flexibility index (Phi) is 2.92. The van der Waals surface area contributed by atoms with Gasteiger partial charge in [0.05, 0.1) is 12.4 Å². The molecule has 1 aliphatic rings. The smallest absolute Gasteiger partial charge is 0.199 e. The van der Waals surface area contributed by atoms with Crippen LogP contribution >= 0.6 is 0 Å². The summed E-state index contributed by atoms with van der Waals surface area (Å²) in [6.45, 7) is 9.38. The van der Waals surface area contributed by atoms with Crippen LogP contribution in [-0.4, -0.2) is 31.1 Å². The number of nitrogens with one attached hydrogen (secondary N) is 1. The molecular formula is C14H22N6. The number of anilines is 1. The van der Waals surface area contributed by atoms with E-state index in [0.29, 0.717) is 22.5 Å². The molecule has 108 valence electrons. The number of rotatable bonds is 2. The van der Waals surface area contributed by atoms with Crippen molar-refractivity contribution in [2.24, 2.45) is 10.8 Å². The molecule has 1 fully saturated rings. The van der Waals surface area contributed by atoms with E-state index in [9.17, 15) is 0 Å². The zero-order chi connectivity index (χ0) is 14.4. The van der Waals surface area contributed by atoms with Gasteiger partial charge in [0.1, 0.15) is 0 Å². The molecule has 0 unspecified atom stereocenters. The lowest BCUT2D eigenvalue weighted by Crippen LogP contribution is -2.40. The van der Waals surface area contributed by atoms with E-state index < -0.39 is 0 Å². The molecule has 1 aliphatic carbocycles. The second kappa shape index (κ2) is 4.40. The van der Waals surface area contributed by atoms with Crippen LogP contribution in [-0.2, 0) is 0 Å². The first-order valence-corrected chi connectivity index (χ1v) is 7.13. The van der Waals surface area contributed by atoms with Gasteiger partial charge < -0.3 is 5.32 Å². The highest BCUT2D eigenvalue weighted by atomic mass is 15.5. The van der Waals surface area contributed by atoms with Gasteiger partial charge >= 0.3 is 0 Å². The van der Waals surface area contributed by atoms with Gasteiger partial charge in [-0.1, -0.05) is 27.7 Å². The summed E-state index contributed by atoms with van der Waals surface area (Å²) in [4.78, 5) is 4.20. The molecule has 0 saturated heterocycles. The molecule has 0 aliphatic heterocycles. The lowest BCUT2D eigenvalue weighted by Gasteiger charge is -2.45. The summed E-state index contributed by atoms with van der Waals surface area (Å²) in [7, 11) is 0. The summed E-state index contributed by atoms with van der Waals surface area (Å²) >= 11 is 0. The third-order valence-corrected chi connectivity index (χ3v) is 4.02.